The van der Waals surface area contributed by atoms with Crippen LogP contribution in [-0.2, 0) is 9.53 Å². The van der Waals surface area contributed by atoms with E-state index in [4.69, 9.17) is 4.74 Å². The molecular weight excluding hydrogens is 272 g/mol. The standard InChI is InChI=1S/C12H13BrO3/c1-7-6-10(13)4-5-11(7)12(15)8(2)16-9(3)14/h4-6,8H,1-3H3. The third-order valence-corrected chi connectivity index (χ3v) is 2.66. The Labute approximate surface area is 103 Å². The van der Waals surface area contributed by atoms with E-state index in [1.54, 1.807) is 19.1 Å². The molecular formula is C12H13BrO3. The van der Waals surface area contributed by atoms with Gasteiger partial charge in [0.2, 0.25) is 5.78 Å². The smallest absolute Gasteiger partial charge is 0.303 e. The van der Waals surface area contributed by atoms with Crippen molar-refractivity contribution in [2.75, 3.05) is 0 Å². The van der Waals surface area contributed by atoms with Crippen molar-refractivity contribution in [3.63, 3.8) is 0 Å². The molecule has 4 heteroatoms. The lowest BCUT2D eigenvalue weighted by atomic mass is 10.0. The van der Waals surface area contributed by atoms with E-state index >= 15 is 0 Å². The molecule has 1 unspecified atom stereocenters. The monoisotopic (exact) mass is 284 g/mol. The Morgan fingerprint density at radius 3 is 2.50 bits per heavy atom. The van der Waals surface area contributed by atoms with Crippen LogP contribution in [0.4, 0.5) is 0 Å². The van der Waals surface area contributed by atoms with Gasteiger partial charge in [0, 0.05) is 17.0 Å². The van der Waals surface area contributed by atoms with E-state index in [0.717, 1.165) is 10.0 Å². The van der Waals surface area contributed by atoms with Crippen LogP contribution in [-0.4, -0.2) is 17.9 Å². The quantitative estimate of drug-likeness (QED) is 0.633. The van der Waals surface area contributed by atoms with Gasteiger partial charge in [-0.15, -0.1) is 0 Å². The molecule has 0 heterocycles. The highest BCUT2D eigenvalue weighted by atomic mass is 79.9. The van der Waals surface area contributed by atoms with Crippen molar-refractivity contribution in [1.29, 1.82) is 0 Å². The molecule has 1 aromatic carbocycles. The molecule has 86 valence electrons. The summed E-state index contributed by atoms with van der Waals surface area (Å²) in [4.78, 5) is 22.7. The fourth-order valence-corrected chi connectivity index (χ4v) is 1.90. The zero-order valence-electron chi connectivity index (χ0n) is 9.41. The first kappa shape index (κ1) is 12.9. The maximum atomic E-state index is 11.9. The molecule has 0 fully saturated rings. The van der Waals surface area contributed by atoms with E-state index < -0.39 is 12.1 Å². The third kappa shape index (κ3) is 3.17. The Morgan fingerprint density at radius 2 is 2.00 bits per heavy atom. The number of aryl methyl sites for hydroxylation is 1. The van der Waals surface area contributed by atoms with Gasteiger partial charge in [-0.2, -0.15) is 0 Å². The minimum atomic E-state index is -0.739. The fourth-order valence-electron chi connectivity index (χ4n) is 1.42. The molecule has 0 N–H and O–H groups in total. The normalized spacial score (nSPS) is 12.0. The molecule has 0 aromatic heterocycles. The van der Waals surface area contributed by atoms with Crippen LogP contribution in [0.15, 0.2) is 22.7 Å². The summed E-state index contributed by atoms with van der Waals surface area (Å²) in [5.74, 6) is -0.629. The van der Waals surface area contributed by atoms with Crippen molar-refractivity contribution in [1.82, 2.24) is 0 Å². The Balaban J connectivity index is 2.92. The molecule has 1 rings (SSSR count). The molecule has 0 amide bonds. The third-order valence-electron chi connectivity index (χ3n) is 2.17. The van der Waals surface area contributed by atoms with Crippen LogP contribution < -0.4 is 0 Å². The minimum Gasteiger partial charge on any atom is -0.454 e. The van der Waals surface area contributed by atoms with E-state index in [-0.39, 0.29) is 5.78 Å². The van der Waals surface area contributed by atoms with Gasteiger partial charge in [-0.25, -0.2) is 0 Å². The number of hydrogen-bond acceptors (Lipinski definition) is 3. The molecule has 0 aliphatic rings. The van der Waals surface area contributed by atoms with Crippen molar-refractivity contribution in [2.45, 2.75) is 26.9 Å². The van der Waals surface area contributed by atoms with E-state index in [9.17, 15) is 9.59 Å². The fraction of sp³-hybridized carbons (Fsp3) is 0.333. The van der Waals surface area contributed by atoms with Gasteiger partial charge in [0.25, 0.3) is 0 Å². The average Bonchev–Trinajstić information content (AvgIpc) is 2.15. The molecule has 1 atom stereocenters. The molecule has 1 aromatic rings. The zero-order chi connectivity index (χ0) is 12.3. The molecule has 0 bridgehead atoms. The first-order valence-electron chi connectivity index (χ1n) is 4.89. The summed E-state index contributed by atoms with van der Waals surface area (Å²) < 4.78 is 5.77. The topological polar surface area (TPSA) is 43.4 Å². The number of esters is 1. The van der Waals surface area contributed by atoms with Gasteiger partial charge in [0.15, 0.2) is 6.10 Å². The predicted octanol–water partition coefficient (Wildman–Crippen LogP) is 2.89. The van der Waals surface area contributed by atoms with Crippen molar-refractivity contribution >= 4 is 27.7 Å². The highest BCUT2D eigenvalue weighted by Gasteiger charge is 2.19. The summed E-state index contributed by atoms with van der Waals surface area (Å²) >= 11 is 3.33. The summed E-state index contributed by atoms with van der Waals surface area (Å²) in [5, 5.41) is 0. The van der Waals surface area contributed by atoms with Crippen LogP contribution in [0.25, 0.3) is 0 Å². The van der Waals surface area contributed by atoms with Gasteiger partial charge in [-0.1, -0.05) is 15.9 Å². The molecule has 0 aliphatic carbocycles. The van der Waals surface area contributed by atoms with Gasteiger partial charge in [-0.3, -0.25) is 9.59 Å². The van der Waals surface area contributed by atoms with Crippen LogP contribution in [0.3, 0.4) is 0 Å². The number of Topliss-reactive ketones (excluding diaryl/α,β-unsaturated/α-hetero) is 1. The number of carbonyl (C=O) groups excluding carboxylic acids is 2. The van der Waals surface area contributed by atoms with Crippen LogP contribution >= 0.6 is 15.9 Å². The summed E-state index contributed by atoms with van der Waals surface area (Å²) in [5.41, 5.74) is 1.44. The van der Waals surface area contributed by atoms with Gasteiger partial charge in [0.1, 0.15) is 0 Å². The molecule has 0 saturated carbocycles. The molecule has 16 heavy (non-hydrogen) atoms. The van der Waals surface area contributed by atoms with E-state index in [2.05, 4.69) is 15.9 Å². The first-order chi connectivity index (χ1) is 7.41. The van der Waals surface area contributed by atoms with Crippen molar-refractivity contribution in [2.24, 2.45) is 0 Å². The number of ether oxygens (including phenoxy) is 1. The lowest BCUT2D eigenvalue weighted by Gasteiger charge is -2.12. The van der Waals surface area contributed by atoms with Gasteiger partial charge in [0.05, 0.1) is 0 Å². The minimum absolute atomic E-state index is 0.180. The number of halogens is 1. The summed E-state index contributed by atoms with van der Waals surface area (Å²) in [6, 6.07) is 5.37. The van der Waals surface area contributed by atoms with Crippen LogP contribution in [0.2, 0.25) is 0 Å². The summed E-state index contributed by atoms with van der Waals surface area (Å²) in [6.07, 6.45) is -0.739. The summed E-state index contributed by atoms with van der Waals surface area (Å²) in [7, 11) is 0. The number of benzene rings is 1. The van der Waals surface area contributed by atoms with E-state index in [1.165, 1.54) is 6.92 Å². The van der Waals surface area contributed by atoms with Crippen molar-refractivity contribution < 1.29 is 14.3 Å². The Bertz CT molecular complexity index is 426. The second-order valence-electron chi connectivity index (χ2n) is 3.58. The molecule has 0 radical (unpaired) electrons. The highest BCUT2D eigenvalue weighted by Crippen LogP contribution is 2.18. The SMILES string of the molecule is CC(=O)OC(C)C(=O)c1ccc(Br)cc1C. The van der Waals surface area contributed by atoms with Gasteiger partial charge < -0.3 is 4.74 Å². The predicted molar refractivity (Wildman–Crippen MR) is 64.4 cm³/mol. The Hall–Kier alpha value is -1.16. The second kappa shape index (κ2) is 5.25. The second-order valence-corrected chi connectivity index (χ2v) is 4.49. The van der Waals surface area contributed by atoms with Crippen LogP contribution in [0, 0.1) is 6.92 Å². The maximum Gasteiger partial charge on any atom is 0.303 e. The largest absolute Gasteiger partial charge is 0.454 e. The van der Waals surface area contributed by atoms with Gasteiger partial charge in [-0.05, 0) is 37.6 Å². The number of ketones is 1. The zero-order valence-corrected chi connectivity index (χ0v) is 11.0. The van der Waals surface area contributed by atoms with Crippen LogP contribution in [0.1, 0.15) is 29.8 Å². The average molecular weight is 285 g/mol. The Kier molecular flexibility index (Phi) is 4.24. The molecule has 0 spiro atoms. The molecule has 0 aliphatic heterocycles. The van der Waals surface area contributed by atoms with Crippen LogP contribution in [0.5, 0.6) is 0 Å². The number of rotatable bonds is 3. The lowest BCUT2D eigenvalue weighted by Crippen LogP contribution is -2.23. The van der Waals surface area contributed by atoms with E-state index in [1.807, 2.05) is 13.0 Å². The van der Waals surface area contributed by atoms with Gasteiger partial charge >= 0.3 is 5.97 Å². The molecule has 0 saturated heterocycles. The molecule has 3 nitrogen and oxygen atoms in total. The van der Waals surface area contributed by atoms with Crippen molar-refractivity contribution in [3.8, 4) is 0 Å². The lowest BCUT2D eigenvalue weighted by molar-refractivity contribution is -0.143. The first-order valence-corrected chi connectivity index (χ1v) is 5.68. The number of hydrogen-bond donors (Lipinski definition) is 0. The summed E-state index contributed by atoms with van der Waals surface area (Å²) in [6.45, 7) is 4.71. The van der Waals surface area contributed by atoms with E-state index in [0.29, 0.717) is 5.56 Å². The van der Waals surface area contributed by atoms with Crippen molar-refractivity contribution in [3.05, 3.63) is 33.8 Å². The Morgan fingerprint density at radius 1 is 1.38 bits per heavy atom. The number of carbonyl (C=O) groups is 2. The maximum absolute atomic E-state index is 11.9. The highest BCUT2D eigenvalue weighted by molar-refractivity contribution is 9.10.